The highest BCUT2D eigenvalue weighted by Gasteiger charge is 2.20. The highest BCUT2D eigenvalue weighted by molar-refractivity contribution is 5.85. The van der Waals surface area contributed by atoms with E-state index in [4.69, 9.17) is 0 Å². The van der Waals surface area contributed by atoms with E-state index >= 15 is 0 Å². The standard InChI is InChI=1S/C13H22N4O.ClH/c1-3-11-10(9-17(2)16-11)8-15-13(18)12-6-4-5-7-14-12;/h9,12,14H,3-8H2,1-2H3,(H,15,18);1H/t12-;/m1./s1. The number of aryl methyl sites for hydroxylation is 2. The summed E-state index contributed by atoms with van der Waals surface area (Å²) in [4.78, 5) is 12.0. The Kier molecular flexibility index (Phi) is 6.31. The second-order valence-electron chi connectivity index (χ2n) is 4.85. The van der Waals surface area contributed by atoms with Crippen molar-refractivity contribution in [3.05, 3.63) is 17.5 Å². The minimum absolute atomic E-state index is 0. The van der Waals surface area contributed by atoms with Gasteiger partial charge in [0.05, 0.1) is 11.7 Å². The van der Waals surface area contributed by atoms with Gasteiger partial charge < -0.3 is 10.6 Å². The summed E-state index contributed by atoms with van der Waals surface area (Å²) >= 11 is 0. The van der Waals surface area contributed by atoms with Gasteiger partial charge in [-0.3, -0.25) is 9.48 Å². The first-order valence-electron chi connectivity index (χ1n) is 6.73. The van der Waals surface area contributed by atoms with Crippen LogP contribution in [0.4, 0.5) is 0 Å². The van der Waals surface area contributed by atoms with Crippen LogP contribution in [0.1, 0.15) is 37.4 Å². The summed E-state index contributed by atoms with van der Waals surface area (Å²) in [6.07, 6.45) is 6.13. The summed E-state index contributed by atoms with van der Waals surface area (Å²) in [6, 6.07) is -0.0134. The van der Waals surface area contributed by atoms with Crippen molar-refractivity contribution in [2.45, 2.75) is 45.2 Å². The van der Waals surface area contributed by atoms with Gasteiger partial charge in [-0.05, 0) is 25.8 Å². The van der Waals surface area contributed by atoms with Crippen molar-refractivity contribution in [3.63, 3.8) is 0 Å². The molecule has 1 atom stereocenters. The van der Waals surface area contributed by atoms with E-state index in [1.165, 1.54) is 6.42 Å². The van der Waals surface area contributed by atoms with Crippen LogP contribution in [0, 0.1) is 0 Å². The predicted molar refractivity (Wildman–Crippen MR) is 77.3 cm³/mol. The number of amides is 1. The first-order valence-corrected chi connectivity index (χ1v) is 6.73. The molecule has 1 saturated heterocycles. The van der Waals surface area contributed by atoms with Crippen LogP contribution in [-0.2, 0) is 24.8 Å². The van der Waals surface area contributed by atoms with E-state index in [0.717, 1.165) is 37.1 Å². The van der Waals surface area contributed by atoms with Crippen LogP contribution >= 0.6 is 12.4 Å². The normalized spacial score (nSPS) is 18.7. The zero-order chi connectivity index (χ0) is 13.0. The number of nitrogens with one attached hydrogen (secondary N) is 2. The molecule has 5 nitrogen and oxygen atoms in total. The molecule has 0 bridgehead atoms. The number of rotatable bonds is 4. The number of carbonyl (C=O) groups is 1. The molecular formula is C13H23ClN4O. The number of nitrogens with zero attached hydrogens (tertiary/aromatic N) is 2. The van der Waals surface area contributed by atoms with Crippen LogP contribution in [0.2, 0.25) is 0 Å². The molecule has 0 unspecified atom stereocenters. The van der Waals surface area contributed by atoms with Gasteiger partial charge in [0.25, 0.3) is 0 Å². The second-order valence-corrected chi connectivity index (χ2v) is 4.85. The molecule has 2 rings (SSSR count). The lowest BCUT2D eigenvalue weighted by Gasteiger charge is -2.22. The molecule has 1 aromatic heterocycles. The van der Waals surface area contributed by atoms with Crippen molar-refractivity contribution in [2.24, 2.45) is 7.05 Å². The van der Waals surface area contributed by atoms with Crippen molar-refractivity contribution in [1.82, 2.24) is 20.4 Å². The van der Waals surface area contributed by atoms with E-state index in [1.54, 1.807) is 4.68 Å². The van der Waals surface area contributed by atoms with E-state index in [9.17, 15) is 4.79 Å². The number of piperidine rings is 1. The van der Waals surface area contributed by atoms with E-state index < -0.39 is 0 Å². The average molecular weight is 287 g/mol. The lowest BCUT2D eigenvalue weighted by atomic mass is 10.0. The minimum Gasteiger partial charge on any atom is -0.351 e. The van der Waals surface area contributed by atoms with E-state index in [0.29, 0.717) is 6.54 Å². The lowest BCUT2D eigenvalue weighted by molar-refractivity contribution is -0.123. The van der Waals surface area contributed by atoms with Crippen molar-refractivity contribution in [1.29, 1.82) is 0 Å². The van der Waals surface area contributed by atoms with Crippen LogP contribution in [0.5, 0.6) is 0 Å². The third-order valence-electron chi connectivity index (χ3n) is 3.41. The maximum absolute atomic E-state index is 12.0. The molecular weight excluding hydrogens is 264 g/mol. The summed E-state index contributed by atoms with van der Waals surface area (Å²) < 4.78 is 1.80. The Morgan fingerprint density at radius 1 is 1.58 bits per heavy atom. The Labute approximate surface area is 120 Å². The molecule has 1 aliphatic heterocycles. The van der Waals surface area contributed by atoms with Crippen molar-refractivity contribution >= 4 is 18.3 Å². The largest absolute Gasteiger partial charge is 0.351 e. The molecule has 0 spiro atoms. The summed E-state index contributed by atoms with van der Waals surface area (Å²) in [7, 11) is 1.91. The molecule has 108 valence electrons. The molecule has 2 N–H and O–H groups in total. The summed E-state index contributed by atoms with van der Waals surface area (Å²) in [5.41, 5.74) is 2.18. The Hall–Kier alpha value is -1.07. The quantitative estimate of drug-likeness (QED) is 0.873. The monoisotopic (exact) mass is 286 g/mol. The summed E-state index contributed by atoms with van der Waals surface area (Å²) in [6.45, 7) is 3.61. The summed E-state index contributed by atoms with van der Waals surface area (Å²) in [5.74, 6) is 0.112. The van der Waals surface area contributed by atoms with Gasteiger partial charge in [-0.1, -0.05) is 13.3 Å². The predicted octanol–water partition coefficient (Wildman–Crippen LogP) is 1.16. The zero-order valence-electron chi connectivity index (χ0n) is 11.6. The molecule has 1 aromatic rings. The third kappa shape index (κ3) is 4.21. The van der Waals surface area contributed by atoms with Crippen molar-refractivity contribution < 1.29 is 4.79 Å². The fourth-order valence-corrected chi connectivity index (χ4v) is 2.41. The highest BCUT2D eigenvalue weighted by Crippen LogP contribution is 2.09. The van der Waals surface area contributed by atoms with Gasteiger partial charge in [-0.15, -0.1) is 12.4 Å². The van der Waals surface area contributed by atoms with Gasteiger partial charge in [0.1, 0.15) is 0 Å². The number of carbonyl (C=O) groups excluding carboxylic acids is 1. The SMILES string of the molecule is CCc1nn(C)cc1CNC(=O)[C@H]1CCCCN1.Cl. The van der Waals surface area contributed by atoms with Crippen molar-refractivity contribution in [3.8, 4) is 0 Å². The first kappa shape index (κ1) is 16.0. The van der Waals surface area contributed by atoms with Crippen LogP contribution in [0.15, 0.2) is 6.20 Å². The van der Waals surface area contributed by atoms with Crippen molar-refractivity contribution in [2.75, 3.05) is 6.54 Å². The maximum atomic E-state index is 12.0. The third-order valence-corrected chi connectivity index (χ3v) is 3.41. The first-order chi connectivity index (χ1) is 8.70. The average Bonchev–Trinajstić information content (AvgIpc) is 2.77. The Bertz CT molecular complexity index is 413. The molecule has 0 aliphatic carbocycles. The maximum Gasteiger partial charge on any atom is 0.237 e. The van der Waals surface area contributed by atoms with Crippen LogP contribution in [-0.4, -0.2) is 28.3 Å². The van der Waals surface area contributed by atoms with Crippen LogP contribution in [0.3, 0.4) is 0 Å². The lowest BCUT2D eigenvalue weighted by Crippen LogP contribution is -2.46. The van der Waals surface area contributed by atoms with Gasteiger partial charge in [-0.2, -0.15) is 5.10 Å². The van der Waals surface area contributed by atoms with Crippen LogP contribution in [0.25, 0.3) is 0 Å². The number of halogens is 1. The van der Waals surface area contributed by atoms with E-state index in [2.05, 4.69) is 22.7 Å². The molecule has 6 heteroatoms. The molecule has 19 heavy (non-hydrogen) atoms. The van der Waals surface area contributed by atoms with Gasteiger partial charge in [0.15, 0.2) is 0 Å². The molecule has 1 fully saturated rings. The Morgan fingerprint density at radius 2 is 2.37 bits per heavy atom. The van der Waals surface area contributed by atoms with Crippen LogP contribution < -0.4 is 10.6 Å². The molecule has 2 heterocycles. The second kappa shape index (κ2) is 7.50. The number of aromatic nitrogens is 2. The van der Waals surface area contributed by atoms with E-state index in [1.807, 2.05) is 13.2 Å². The van der Waals surface area contributed by atoms with Gasteiger partial charge in [0, 0.05) is 25.4 Å². The van der Waals surface area contributed by atoms with E-state index in [-0.39, 0.29) is 24.4 Å². The molecule has 1 aliphatic rings. The highest BCUT2D eigenvalue weighted by atomic mass is 35.5. The molecule has 0 aromatic carbocycles. The smallest absolute Gasteiger partial charge is 0.237 e. The van der Waals surface area contributed by atoms with Gasteiger partial charge in [-0.25, -0.2) is 0 Å². The number of hydrogen-bond acceptors (Lipinski definition) is 3. The minimum atomic E-state index is -0.0134. The molecule has 0 saturated carbocycles. The molecule has 1 amide bonds. The Balaban J connectivity index is 0.00000180. The van der Waals surface area contributed by atoms with Gasteiger partial charge >= 0.3 is 0 Å². The topological polar surface area (TPSA) is 59.0 Å². The summed E-state index contributed by atoms with van der Waals surface area (Å²) in [5, 5.41) is 10.6. The Morgan fingerprint density at radius 3 is 3.00 bits per heavy atom. The van der Waals surface area contributed by atoms with Gasteiger partial charge in [0.2, 0.25) is 5.91 Å². The fourth-order valence-electron chi connectivity index (χ4n) is 2.41. The molecule has 0 radical (unpaired) electrons. The number of hydrogen-bond donors (Lipinski definition) is 2. The zero-order valence-corrected chi connectivity index (χ0v) is 12.4. The fraction of sp³-hybridized carbons (Fsp3) is 0.692.